The smallest absolute Gasteiger partial charge is 0.234 e. The number of ether oxygens (including phenoxy) is 1. The number of rotatable bonds is 4. The number of hydrogen-bond acceptors (Lipinski definition) is 6. The average molecular weight is 430 g/mol. The third-order valence-electron chi connectivity index (χ3n) is 5.59. The van der Waals surface area contributed by atoms with E-state index in [4.69, 9.17) is 14.7 Å². The molecule has 32 heavy (non-hydrogen) atoms. The molecule has 8 nitrogen and oxygen atoms in total. The molecule has 4 aromatic rings. The highest BCUT2D eigenvalue weighted by Gasteiger charge is 2.33. The van der Waals surface area contributed by atoms with Gasteiger partial charge in [0.2, 0.25) is 5.78 Å². The summed E-state index contributed by atoms with van der Waals surface area (Å²) in [4.78, 5) is 11.2. The van der Waals surface area contributed by atoms with Gasteiger partial charge in [0, 0.05) is 35.1 Å². The molecule has 0 radical (unpaired) electrons. The van der Waals surface area contributed by atoms with Gasteiger partial charge in [0.25, 0.3) is 0 Å². The highest BCUT2D eigenvalue weighted by molar-refractivity contribution is 5.71. The second-order valence-corrected chi connectivity index (χ2v) is 9.43. The number of imidazole rings is 1. The van der Waals surface area contributed by atoms with Crippen LogP contribution in [0.4, 0.5) is 0 Å². The van der Waals surface area contributed by atoms with Crippen LogP contribution >= 0.6 is 0 Å². The van der Waals surface area contributed by atoms with Crippen LogP contribution in [0.3, 0.4) is 0 Å². The van der Waals surface area contributed by atoms with Crippen molar-refractivity contribution in [3.05, 3.63) is 60.8 Å². The summed E-state index contributed by atoms with van der Waals surface area (Å²) in [7, 11) is 1.65. The van der Waals surface area contributed by atoms with Gasteiger partial charge in [0.15, 0.2) is 0 Å². The van der Waals surface area contributed by atoms with E-state index in [0.717, 1.165) is 29.1 Å². The molecule has 0 spiro atoms. The highest BCUT2D eigenvalue weighted by Crippen LogP contribution is 2.34. The van der Waals surface area contributed by atoms with E-state index < -0.39 is 0 Å². The minimum atomic E-state index is -0.0932. The first kappa shape index (κ1) is 20.4. The Balaban J connectivity index is 1.53. The maximum absolute atomic E-state index is 5.64. The number of nitrogens with zero attached hydrogens (tertiary/aromatic N) is 6. The molecule has 3 aromatic heterocycles. The number of aromatic nitrogens is 6. The van der Waals surface area contributed by atoms with Crippen molar-refractivity contribution in [2.75, 3.05) is 7.11 Å². The number of benzene rings is 1. The Bertz CT molecular complexity index is 1320. The predicted molar refractivity (Wildman–Crippen MR) is 124 cm³/mol. The van der Waals surface area contributed by atoms with E-state index in [1.54, 1.807) is 24.3 Å². The lowest BCUT2D eigenvalue weighted by Gasteiger charge is -2.41. The van der Waals surface area contributed by atoms with Crippen molar-refractivity contribution in [3.8, 4) is 22.7 Å². The molecular formula is C24H27N7O. The molecule has 0 bridgehead atoms. The van der Waals surface area contributed by atoms with Gasteiger partial charge in [-0.2, -0.15) is 15.0 Å². The maximum atomic E-state index is 5.64. The van der Waals surface area contributed by atoms with Crippen LogP contribution in [0.2, 0.25) is 0 Å². The quantitative estimate of drug-likeness (QED) is 0.530. The second-order valence-electron chi connectivity index (χ2n) is 9.43. The minimum absolute atomic E-state index is 0.000514. The van der Waals surface area contributed by atoms with Gasteiger partial charge in [0.05, 0.1) is 36.6 Å². The predicted octanol–water partition coefficient (Wildman–Crippen LogP) is 3.92. The molecule has 0 fully saturated rings. The zero-order valence-corrected chi connectivity index (χ0v) is 19.0. The third kappa shape index (κ3) is 3.78. The Morgan fingerprint density at radius 3 is 2.47 bits per heavy atom. The zero-order chi connectivity index (χ0) is 22.5. The van der Waals surface area contributed by atoms with Crippen LogP contribution in [0.25, 0.3) is 28.3 Å². The second kappa shape index (κ2) is 7.27. The molecule has 0 saturated carbocycles. The Morgan fingerprint density at radius 1 is 1.00 bits per heavy atom. The summed E-state index contributed by atoms with van der Waals surface area (Å²) in [6, 6.07) is 7.89. The standard InChI is InChI=1S/C24H27N7O/c1-23(2)13-16(14-24(3,4)29-23)19-8-11-30-15-20(28-22(30)27-19)18-7-6-17(12-21(18)32-5)31-25-9-10-26-31/h6-13,15,29H,14H2,1-5H3. The SMILES string of the molecule is COc1cc(-n2nccn2)ccc1-c1cn2ccc(C3=CC(C)(C)NC(C)(C)C3)nc2n1. The van der Waals surface area contributed by atoms with Crippen molar-refractivity contribution in [2.45, 2.75) is 45.2 Å². The highest BCUT2D eigenvalue weighted by atomic mass is 16.5. The first-order valence-electron chi connectivity index (χ1n) is 10.7. The lowest BCUT2D eigenvalue weighted by Crippen LogP contribution is -2.53. The van der Waals surface area contributed by atoms with Crippen molar-refractivity contribution >= 4 is 11.4 Å². The van der Waals surface area contributed by atoms with Crippen LogP contribution in [0.5, 0.6) is 5.75 Å². The topological polar surface area (TPSA) is 82.2 Å². The maximum Gasteiger partial charge on any atom is 0.234 e. The van der Waals surface area contributed by atoms with E-state index in [2.05, 4.69) is 55.4 Å². The summed E-state index contributed by atoms with van der Waals surface area (Å²) in [5.74, 6) is 1.36. The number of hydrogen-bond donors (Lipinski definition) is 1. The number of fused-ring (bicyclic) bond motifs is 1. The molecule has 1 aliphatic rings. The zero-order valence-electron chi connectivity index (χ0n) is 19.0. The van der Waals surface area contributed by atoms with Gasteiger partial charge in [-0.05, 0) is 57.9 Å². The molecule has 164 valence electrons. The van der Waals surface area contributed by atoms with E-state index in [1.807, 2.05) is 35.0 Å². The number of nitrogens with one attached hydrogen (secondary N) is 1. The summed E-state index contributed by atoms with van der Waals surface area (Å²) in [6.45, 7) is 8.83. The molecular weight excluding hydrogens is 402 g/mol. The van der Waals surface area contributed by atoms with E-state index >= 15 is 0 Å². The summed E-state index contributed by atoms with van der Waals surface area (Å²) in [6.07, 6.45) is 10.5. The minimum Gasteiger partial charge on any atom is -0.496 e. The Kier molecular flexibility index (Phi) is 4.63. The monoisotopic (exact) mass is 429 g/mol. The van der Waals surface area contributed by atoms with Crippen LogP contribution in [-0.4, -0.2) is 47.6 Å². The van der Waals surface area contributed by atoms with E-state index in [-0.39, 0.29) is 11.1 Å². The summed E-state index contributed by atoms with van der Waals surface area (Å²) in [5, 5.41) is 12.0. The van der Waals surface area contributed by atoms with Gasteiger partial charge < -0.3 is 10.1 Å². The van der Waals surface area contributed by atoms with Gasteiger partial charge in [-0.3, -0.25) is 4.40 Å². The van der Waals surface area contributed by atoms with Crippen LogP contribution in [0, 0.1) is 0 Å². The lowest BCUT2D eigenvalue weighted by molar-refractivity contribution is 0.297. The molecule has 0 saturated heterocycles. The van der Waals surface area contributed by atoms with E-state index in [1.165, 1.54) is 5.57 Å². The average Bonchev–Trinajstić information content (AvgIpc) is 3.40. The molecule has 5 rings (SSSR count). The van der Waals surface area contributed by atoms with Gasteiger partial charge in [0.1, 0.15) is 5.75 Å². The van der Waals surface area contributed by atoms with Crippen molar-refractivity contribution in [1.29, 1.82) is 0 Å². The summed E-state index contributed by atoms with van der Waals surface area (Å²) < 4.78 is 7.59. The van der Waals surface area contributed by atoms with Crippen LogP contribution in [-0.2, 0) is 0 Å². The normalized spacial score (nSPS) is 17.3. The van der Waals surface area contributed by atoms with Crippen LogP contribution < -0.4 is 10.1 Å². The fourth-order valence-electron chi connectivity index (χ4n) is 4.63. The van der Waals surface area contributed by atoms with Gasteiger partial charge in [-0.25, -0.2) is 9.97 Å². The molecule has 1 aromatic carbocycles. The van der Waals surface area contributed by atoms with Crippen molar-refractivity contribution in [2.24, 2.45) is 0 Å². The molecule has 0 aliphatic carbocycles. The molecule has 0 unspecified atom stereocenters. The molecule has 0 atom stereocenters. The fraction of sp³-hybridized carbons (Fsp3) is 0.333. The van der Waals surface area contributed by atoms with Crippen LogP contribution in [0.15, 0.2) is 55.1 Å². The Morgan fingerprint density at radius 2 is 1.75 bits per heavy atom. The fourth-order valence-corrected chi connectivity index (χ4v) is 4.63. The summed E-state index contributed by atoms with van der Waals surface area (Å²) >= 11 is 0. The van der Waals surface area contributed by atoms with Crippen molar-refractivity contribution in [3.63, 3.8) is 0 Å². The Hall–Kier alpha value is -3.52. The summed E-state index contributed by atoms with van der Waals surface area (Å²) in [5.41, 5.74) is 4.61. The van der Waals surface area contributed by atoms with Gasteiger partial charge >= 0.3 is 0 Å². The molecule has 1 N–H and O–H groups in total. The first-order chi connectivity index (χ1) is 15.2. The van der Waals surface area contributed by atoms with Crippen LogP contribution in [0.1, 0.15) is 39.8 Å². The molecule has 1 aliphatic heterocycles. The van der Waals surface area contributed by atoms with Crippen molar-refractivity contribution < 1.29 is 4.74 Å². The number of methoxy groups -OCH3 is 1. The van der Waals surface area contributed by atoms with E-state index in [0.29, 0.717) is 11.5 Å². The molecule has 8 heteroatoms. The third-order valence-corrected chi connectivity index (χ3v) is 5.59. The first-order valence-corrected chi connectivity index (χ1v) is 10.7. The van der Waals surface area contributed by atoms with Gasteiger partial charge in [-0.15, -0.1) is 0 Å². The molecule has 4 heterocycles. The lowest BCUT2D eigenvalue weighted by atomic mass is 9.82. The van der Waals surface area contributed by atoms with E-state index in [9.17, 15) is 0 Å². The Labute approximate surface area is 187 Å². The van der Waals surface area contributed by atoms with Crippen molar-refractivity contribution in [1.82, 2.24) is 34.7 Å². The largest absolute Gasteiger partial charge is 0.496 e. The van der Waals surface area contributed by atoms with Gasteiger partial charge in [-0.1, -0.05) is 6.08 Å². The molecule has 0 amide bonds.